The maximum Gasteiger partial charge on any atom is 0.124 e. The van der Waals surface area contributed by atoms with E-state index < -0.39 is 0 Å². The minimum absolute atomic E-state index is 0.452. The molecule has 9 heteroatoms. The Morgan fingerprint density at radius 2 is 0.698 bits per heavy atom. The Morgan fingerprint density at radius 1 is 0.434 bits per heavy atom. The van der Waals surface area contributed by atoms with Crippen molar-refractivity contribution in [3.05, 3.63) is 92.1 Å². The molecule has 272 valence electrons. The van der Waals surface area contributed by atoms with E-state index in [9.17, 15) is 0 Å². The average molecular weight is 821 g/mol. The predicted octanol–water partition coefficient (Wildman–Crippen LogP) is 8.77. The van der Waals surface area contributed by atoms with E-state index in [1.54, 1.807) is 24.3 Å². The second-order valence-corrected chi connectivity index (χ2v) is 13.0. The first kappa shape index (κ1) is 40.5. The number of pyridine rings is 4. The van der Waals surface area contributed by atoms with Crippen LogP contribution in [-0.4, -0.2) is 46.4 Å². The van der Waals surface area contributed by atoms with Crippen LogP contribution in [0.4, 0.5) is 0 Å². The molecule has 0 spiro atoms. The molecule has 4 heterocycles. The van der Waals surface area contributed by atoms with Gasteiger partial charge < -0.3 is 18.9 Å². The second-order valence-electron chi connectivity index (χ2n) is 11.9. The zero-order valence-electron chi connectivity index (χ0n) is 31.0. The maximum absolute atomic E-state index is 6.05. The standard InChI is InChI=1S/C44H45IN4O4/c1-6-11-21-50-40-25-33(10-5)46-34(26-40)15-16-35-27-41(51-22-12-7-2)28-36(47-35)17-18-37-29-42(52-23-13-8-3)30-38(48-37)19-20-39-31-43(32-44(45)49-39)53-24-14-9-4/h5,25-32H,6-9,11-14,21-24H2,1-4H3. The summed E-state index contributed by atoms with van der Waals surface area (Å²) >= 11 is 2.17. The molecule has 0 bridgehead atoms. The highest BCUT2D eigenvalue weighted by Crippen LogP contribution is 2.19. The molecule has 4 aromatic heterocycles. The average Bonchev–Trinajstić information content (AvgIpc) is 3.15. The quantitative estimate of drug-likeness (QED) is 0.0480. The summed E-state index contributed by atoms with van der Waals surface area (Å²) in [6.07, 6.45) is 13.5. The minimum Gasteiger partial charge on any atom is -0.493 e. The Bertz CT molecular complexity index is 2060. The SMILES string of the molecule is C#Cc1cc(OCCCC)cc(C#Cc2cc(OCCCC)cc(C#Cc3cc(OCCCC)cc(C#Cc4cc(OCCCC)cc(I)n4)n3)n2)n1. The van der Waals surface area contributed by atoms with E-state index >= 15 is 0 Å². The van der Waals surface area contributed by atoms with E-state index in [2.05, 4.69) is 102 Å². The summed E-state index contributed by atoms with van der Waals surface area (Å²) < 4.78 is 24.7. The molecule has 0 aliphatic rings. The van der Waals surface area contributed by atoms with Crippen LogP contribution in [0.5, 0.6) is 23.0 Å². The van der Waals surface area contributed by atoms with Gasteiger partial charge in [-0.05, 0) is 83.8 Å². The van der Waals surface area contributed by atoms with Crippen LogP contribution in [0, 0.1) is 51.6 Å². The molecule has 0 amide bonds. The fourth-order valence-corrected chi connectivity index (χ4v) is 5.07. The van der Waals surface area contributed by atoms with Gasteiger partial charge in [-0.2, -0.15) is 0 Å². The molecule has 0 saturated heterocycles. The van der Waals surface area contributed by atoms with Gasteiger partial charge in [0.25, 0.3) is 0 Å². The Kier molecular flexibility index (Phi) is 17.3. The summed E-state index contributed by atoms with van der Waals surface area (Å²) in [5.41, 5.74) is 3.47. The van der Waals surface area contributed by atoms with Crippen molar-refractivity contribution in [2.24, 2.45) is 0 Å². The van der Waals surface area contributed by atoms with Crippen LogP contribution in [0.3, 0.4) is 0 Å². The van der Waals surface area contributed by atoms with Crippen molar-refractivity contribution >= 4 is 22.6 Å². The molecule has 0 N–H and O–H groups in total. The Labute approximate surface area is 328 Å². The predicted molar refractivity (Wildman–Crippen MR) is 217 cm³/mol. The number of hydrogen-bond acceptors (Lipinski definition) is 8. The van der Waals surface area contributed by atoms with Crippen molar-refractivity contribution in [2.45, 2.75) is 79.1 Å². The Morgan fingerprint density at radius 3 is 1.00 bits per heavy atom. The Hall–Kier alpha value is -5.23. The van der Waals surface area contributed by atoms with Crippen LogP contribution in [0.15, 0.2) is 48.5 Å². The van der Waals surface area contributed by atoms with Gasteiger partial charge in [-0.1, -0.05) is 59.3 Å². The van der Waals surface area contributed by atoms with Gasteiger partial charge in [-0.15, -0.1) is 6.42 Å². The summed E-state index contributed by atoms with van der Waals surface area (Å²) in [5, 5.41) is 0. The van der Waals surface area contributed by atoms with Gasteiger partial charge in [-0.25, -0.2) is 19.9 Å². The van der Waals surface area contributed by atoms with Crippen molar-refractivity contribution in [3.63, 3.8) is 0 Å². The van der Waals surface area contributed by atoms with Crippen molar-refractivity contribution in [1.29, 1.82) is 0 Å². The van der Waals surface area contributed by atoms with E-state index in [0.29, 0.717) is 83.5 Å². The van der Waals surface area contributed by atoms with Crippen molar-refractivity contribution in [3.8, 4) is 70.9 Å². The van der Waals surface area contributed by atoms with Gasteiger partial charge >= 0.3 is 0 Å². The molecule has 0 aliphatic heterocycles. The number of aromatic nitrogens is 4. The number of rotatable bonds is 16. The first-order chi connectivity index (χ1) is 25.9. The molecule has 0 radical (unpaired) electrons. The molecule has 4 aromatic rings. The van der Waals surface area contributed by atoms with Crippen LogP contribution >= 0.6 is 22.6 Å². The number of hydrogen-bond donors (Lipinski definition) is 0. The molecule has 0 saturated carbocycles. The van der Waals surface area contributed by atoms with Crippen LogP contribution in [-0.2, 0) is 0 Å². The lowest BCUT2D eigenvalue weighted by Crippen LogP contribution is -2.00. The molecule has 0 unspecified atom stereocenters. The van der Waals surface area contributed by atoms with E-state index in [1.165, 1.54) is 0 Å². The monoisotopic (exact) mass is 820 g/mol. The number of unbranched alkanes of at least 4 members (excludes halogenated alkanes) is 4. The normalized spacial score (nSPS) is 10.0. The lowest BCUT2D eigenvalue weighted by atomic mass is 10.2. The second kappa shape index (κ2) is 22.7. The zero-order chi connectivity index (χ0) is 37.7. The molecular formula is C44H45IN4O4. The lowest BCUT2D eigenvalue weighted by molar-refractivity contribution is 0.308. The highest BCUT2D eigenvalue weighted by Gasteiger charge is 2.06. The smallest absolute Gasteiger partial charge is 0.124 e. The number of ether oxygens (including phenoxy) is 4. The number of terminal acetylenes is 1. The maximum atomic E-state index is 6.05. The van der Waals surface area contributed by atoms with Gasteiger partial charge in [0.1, 0.15) is 66.6 Å². The number of halogens is 1. The van der Waals surface area contributed by atoms with Crippen LogP contribution < -0.4 is 18.9 Å². The molecular weight excluding hydrogens is 775 g/mol. The van der Waals surface area contributed by atoms with Crippen LogP contribution in [0.25, 0.3) is 0 Å². The van der Waals surface area contributed by atoms with Gasteiger partial charge in [0.05, 0.1) is 26.4 Å². The van der Waals surface area contributed by atoms with Crippen molar-refractivity contribution in [1.82, 2.24) is 19.9 Å². The van der Waals surface area contributed by atoms with E-state index in [4.69, 9.17) is 35.3 Å². The van der Waals surface area contributed by atoms with Crippen LogP contribution in [0.1, 0.15) is 119 Å². The first-order valence-electron chi connectivity index (χ1n) is 18.2. The first-order valence-corrected chi connectivity index (χ1v) is 19.3. The molecule has 4 rings (SSSR count). The van der Waals surface area contributed by atoms with E-state index in [0.717, 1.165) is 60.8 Å². The zero-order valence-corrected chi connectivity index (χ0v) is 33.1. The summed E-state index contributed by atoms with van der Waals surface area (Å²) in [7, 11) is 0. The number of nitrogens with zero attached hydrogens (tertiary/aromatic N) is 4. The summed E-state index contributed by atoms with van der Waals surface area (Å²) in [6, 6.07) is 14.5. The fraction of sp³-hybridized carbons (Fsp3) is 0.364. The van der Waals surface area contributed by atoms with Gasteiger partial charge in [-0.3, -0.25) is 0 Å². The molecule has 0 aromatic carbocycles. The minimum atomic E-state index is 0.452. The Balaban J connectivity index is 1.67. The third-order valence-corrected chi connectivity index (χ3v) is 7.89. The molecule has 0 fully saturated rings. The van der Waals surface area contributed by atoms with Gasteiger partial charge in [0.15, 0.2) is 0 Å². The highest BCUT2D eigenvalue weighted by molar-refractivity contribution is 14.1. The highest BCUT2D eigenvalue weighted by atomic mass is 127. The third kappa shape index (κ3) is 14.7. The topological polar surface area (TPSA) is 88.5 Å². The summed E-state index contributed by atoms with van der Waals surface area (Å²) in [5.74, 6) is 24.0. The largest absolute Gasteiger partial charge is 0.493 e. The fourth-order valence-electron chi connectivity index (χ4n) is 4.50. The van der Waals surface area contributed by atoms with E-state index in [1.807, 2.05) is 24.3 Å². The van der Waals surface area contributed by atoms with Crippen molar-refractivity contribution < 1.29 is 18.9 Å². The summed E-state index contributed by atoms with van der Waals surface area (Å²) in [6.45, 7) is 10.9. The van der Waals surface area contributed by atoms with Crippen molar-refractivity contribution in [2.75, 3.05) is 26.4 Å². The third-order valence-electron chi connectivity index (χ3n) is 7.33. The van der Waals surface area contributed by atoms with E-state index in [-0.39, 0.29) is 0 Å². The summed E-state index contributed by atoms with van der Waals surface area (Å²) in [4.78, 5) is 18.4. The van der Waals surface area contributed by atoms with Crippen LogP contribution in [0.2, 0.25) is 0 Å². The molecule has 8 nitrogen and oxygen atoms in total. The lowest BCUT2D eigenvalue weighted by Gasteiger charge is -2.07. The molecule has 0 atom stereocenters. The van der Waals surface area contributed by atoms with Gasteiger partial charge in [0.2, 0.25) is 0 Å². The van der Waals surface area contributed by atoms with Gasteiger partial charge in [0, 0.05) is 48.5 Å². The molecule has 0 aliphatic carbocycles. The molecule has 53 heavy (non-hydrogen) atoms.